The molecule has 0 radical (unpaired) electrons. The smallest absolute Gasteiger partial charge is 0.181 e. The van der Waals surface area contributed by atoms with Gasteiger partial charge in [0, 0.05) is 18.0 Å². The second-order valence-electron chi connectivity index (χ2n) is 2.37. The van der Waals surface area contributed by atoms with Crippen molar-refractivity contribution in [1.82, 2.24) is 9.97 Å². The predicted molar refractivity (Wildman–Crippen MR) is 44.1 cm³/mol. The Kier molecular flexibility index (Phi) is 1.51. The summed E-state index contributed by atoms with van der Waals surface area (Å²) < 4.78 is 5.07. The van der Waals surface area contributed by atoms with Crippen LogP contribution in [0.2, 0.25) is 0 Å². The molecule has 0 bridgehead atoms. The van der Waals surface area contributed by atoms with Gasteiger partial charge in [-0.15, -0.1) is 0 Å². The number of aromatic nitrogens is 2. The molecule has 60 valence electrons. The molecule has 0 spiro atoms. The number of anilines is 1. The van der Waals surface area contributed by atoms with Crippen molar-refractivity contribution < 1.29 is 4.42 Å². The van der Waals surface area contributed by atoms with Crippen molar-refractivity contribution in [2.75, 3.05) is 5.73 Å². The summed E-state index contributed by atoms with van der Waals surface area (Å²) in [7, 11) is 0. The Morgan fingerprint density at radius 1 is 1.17 bits per heavy atom. The number of nitrogens with zero attached hydrogens (tertiary/aromatic N) is 2. The first-order valence-corrected chi connectivity index (χ1v) is 3.45. The molecule has 0 fully saturated rings. The van der Waals surface area contributed by atoms with Crippen molar-refractivity contribution in [3.8, 4) is 11.3 Å². The molecule has 12 heavy (non-hydrogen) atoms. The molecule has 0 aliphatic carbocycles. The lowest BCUT2D eigenvalue weighted by atomic mass is 10.2. The van der Waals surface area contributed by atoms with Gasteiger partial charge in [0.05, 0.1) is 11.9 Å². The SMILES string of the molecule is Nc1cncc(-c2cnco2)c1. The van der Waals surface area contributed by atoms with E-state index in [4.69, 9.17) is 10.2 Å². The van der Waals surface area contributed by atoms with Crippen LogP contribution in [0, 0.1) is 0 Å². The van der Waals surface area contributed by atoms with Gasteiger partial charge in [0.2, 0.25) is 0 Å². The van der Waals surface area contributed by atoms with Crippen LogP contribution in [-0.2, 0) is 0 Å². The van der Waals surface area contributed by atoms with E-state index in [1.54, 1.807) is 24.7 Å². The average Bonchev–Trinajstić information content (AvgIpc) is 2.56. The van der Waals surface area contributed by atoms with Crippen LogP contribution in [0.5, 0.6) is 0 Å². The number of nitrogens with two attached hydrogens (primary N) is 1. The van der Waals surface area contributed by atoms with Gasteiger partial charge in [0.25, 0.3) is 0 Å². The summed E-state index contributed by atoms with van der Waals surface area (Å²) in [6.45, 7) is 0. The van der Waals surface area contributed by atoms with E-state index >= 15 is 0 Å². The number of hydrogen-bond donors (Lipinski definition) is 1. The van der Waals surface area contributed by atoms with E-state index < -0.39 is 0 Å². The normalized spacial score (nSPS) is 10.0. The molecular weight excluding hydrogens is 154 g/mol. The van der Waals surface area contributed by atoms with Gasteiger partial charge >= 0.3 is 0 Å². The van der Waals surface area contributed by atoms with Crippen molar-refractivity contribution in [2.24, 2.45) is 0 Å². The van der Waals surface area contributed by atoms with Gasteiger partial charge in [-0.25, -0.2) is 4.98 Å². The number of rotatable bonds is 1. The van der Waals surface area contributed by atoms with Gasteiger partial charge in [-0.05, 0) is 6.07 Å². The molecule has 4 nitrogen and oxygen atoms in total. The average molecular weight is 161 g/mol. The summed E-state index contributed by atoms with van der Waals surface area (Å²) in [6, 6.07) is 1.79. The summed E-state index contributed by atoms with van der Waals surface area (Å²) in [4.78, 5) is 7.72. The fourth-order valence-corrected chi connectivity index (χ4v) is 0.951. The van der Waals surface area contributed by atoms with E-state index in [1.165, 1.54) is 6.39 Å². The summed E-state index contributed by atoms with van der Waals surface area (Å²) in [5.41, 5.74) is 7.00. The Bertz CT molecular complexity index is 370. The first-order valence-electron chi connectivity index (χ1n) is 3.45. The van der Waals surface area contributed by atoms with Crippen LogP contribution in [0.1, 0.15) is 0 Å². The molecular formula is C8H7N3O. The largest absolute Gasteiger partial charge is 0.443 e. The monoisotopic (exact) mass is 161 g/mol. The van der Waals surface area contributed by atoms with Gasteiger partial charge < -0.3 is 10.2 Å². The Morgan fingerprint density at radius 2 is 2.08 bits per heavy atom. The number of nitrogen functional groups attached to an aromatic ring is 1. The molecule has 0 aliphatic heterocycles. The van der Waals surface area contributed by atoms with Crippen molar-refractivity contribution in [3.05, 3.63) is 31.1 Å². The Hall–Kier alpha value is -1.84. The van der Waals surface area contributed by atoms with Gasteiger partial charge in [-0.1, -0.05) is 0 Å². The van der Waals surface area contributed by atoms with Gasteiger partial charge in [0.1, 0.15) is 0 Å². The second kappa shape index (κ2) is 2.65. The van der Waals surface area contributed by atoms with Crippen LogP contribution in [0.4, 0.5) is 5.69 Å². The lowest BCUT2D eigenvalue weighted by Crippen LogP contribution is -1.86. The quantitative estimate of drug-likeness (QED) is 0.685. The standard InChI is InChI=1S/C8H7N3O/c9-7-1-6(2-10-3-7)8-4-11-5-12-8/h1-5H,9H2. The highest BCUT2D eigenvalue weighted by atomic mass is 16.3. The number of oxazole rings is 1. The van der Waals surface area contributed by atoms with E-state index in [1.807, 2.05) is 0 Å². The van der Waals surface area contributed by atoms with Gasteiger partial charge in [-0.2, -0.15) is 0 Å². The molecule has 0 saturated heterocycles. The Balaban J connectivity index is 2.48. The maximum Gasteiger partial charge on any atom is 0.181 e. The summed E-state index contributed by atoms with van der Waals surface area (Å²) >= 11 is 0. The van der Waals surface area contributed by atoms with Crippen LogP contribution >= 0.6 is 0 Å². The van der Waals surface area contributed by atoms with Crippen molar-refractivity contribution in [3.63, 3.8) is 0 Å². The first kappa shape index (κ1) is 6.84. The summed E-state index contributed by atoms with van der Waals surface area (Å²) in [5, 5.41) is 0. The summed E-state index contributed by atoms with van der Waals surface area (Å²) in [5.74, 6) is 0.676. The number of pyridine rings is 1. The predicted octanol–water partition coefficient (Wildman–Crippen LogP) is 1.32. The maximum absolute atomic E-state index is 5.54. The minimum atomic E-state index is 0.615. The zero-order valence-corrected chi connectivity index (χ0v) is 6.27. The highest BCUT2D eigenvalue weighted by Gasteiger charge is 2.00. The molecule has 2 rings (SSSR count). The van der Waals surface area contributed by atoms with E-state index in [0.717, 1.165) is 5.56 Å². The topological polar surface area (TPSA) is 64.9 Å². The minimum absolute atomic E-state index is 0.615. The Labute approximate surface area is 69.1 Å². The maximum atomic E-state index is 5.54. The van der Waals surface area contributed by atoms with Gasteiger partial charge in [0.15, 0.2) is 12.2 Å². The molecule has 0 atom stereocenters. The minimum Gasteiger partial charge on any atom is -0.443 e. The molecule has 0 aliphatic rings. The zero-order chi connectivity index (χ0) is 8.39. The number of hydrogen-bond acceptors (Lipinski definition) is 4. The molecule has 0 saturated carbocycles. The van der Waals surface area contributed by atoms with Gasteiger partial charge in [-0.3, -0.25) is 4.98 Å². The van der Waals surface area contributed by atoms with Crippen LogP contribution in [0.25, 0.3) is 11.3 Å². The van der Waals surface area contributed by atoms with Crippen LogP contribution in [0.3, 0.4) is 0 Å². The second-order valence-corrected chi connectivity index (χ2v) is 2.37. The molecule has 2 aromatic heterocycles. The third kappa shape index (κ3) is 1.14. The van der Waals surface area contributed by atoms with Crippen LogP contribution < -0.4 is 5.73 Å². The first-order chi connectivity index (χ1) is 5.86. The molecule has 2 heterocycles. The molecule has 0 amide bonds. The zero-order valence-electron chi connectivity index (χ0n) is 6.27. The van der Waals surface area contributed by atoms with Crippen molar-refractivity contribution >= 4 is 5.69 Å². The van der Waals surface area contributed by atoms with Crippen LogP contribution in [-0.4, -0.2) is 9.97 Å². The lowest BCUT2D eigenvalue weighted by Gasteiger charge is -1.95. The highest BCUT2D eigenvalue weighted by Crippen LogP contribution is 2.18. The summed E-state index contributed by atoms with van der Waals surface area (Å²) in [6.07, 6.45) is 6.26. The fraction of sp³-hybridized carbons (Fsp3) is 0. The molecule has 2 N–H and O–H groups in total. The highest BCUT2D eigenvalue weighted by molar-refractivity contribution is 5.59. The molecule has 0 aromatic carbocycles. The molecule has 0 unspecified atom stereocenters. The van der Waals surface area contributed by atoms with E-state index in [2.05, 4.69) is 9.97 Å². The molecule has 4 heteroatoms. The lowest BCUT2D eigenvalue weighted by molar-refractivity contribution is 0.572. The third-order valence-electron chi connectivity index (χ3n) is 1.48. The Morgan fingerprint density at radius 3 is 2.75 bits per heavy atom. The van der Waals surface area contributed by atoms with E-state index in [-0.39, 0.29) is 0 Å². The van der Waals surface area contributed by atoms with Crippen molar-refractivity contribution in [1.29, 1.82) is 0 Å². The van der Waals surface area contributed by atoms with E-state index in [9.17, 15) is 0 Å². The molecule has 2 aromatic rings. The third-order valence-corrected chi connectivity index (χ3v) is 1.48. The van der Waals surface area contributed by atoms with E-state index in [0.29, 0.717) is 11.4 Å². The van der Waals surface area contributed by atoms with Crippen molar-refractivity contribution in [2.45, 2.75) is 0 Å². The van der Waals surface area contributed by atoms with Crippen LogP contribution in [0.15, 0.2) is 35.5 Å². The fourth-order valence-electron chi connectivity index (χ4n) is 0.951.